The number of aliphatic hydroxyl groups excluding tert-OH is 1. The first-order chi connectivity index (χ1) is 6.22. The second-order valence-electron chi connectivity index (χ2n) is 2.99. The molecule has 0 atom stereocenters. The Morgan fingerprint density at radius 2 is 2.31 bits per heavy atom. The van der Waals surface area contributed by atoms with E-state index in [2.05, 4.69) is 6.58 Å². The molecule has 1 heteroatoms. The molecule has 1 aromatic carbocycles. The smallest absolute Gasteiger partial charge is 0.0894 e. The van der Waals surface area contributed by atoms with Gasteiger partial charge in [-0.2, -0.15) is 0 Å². The Morgan fingerprint density at radius 3 is 2.92 bits per heavy atom. The van der Waals surface area contributed by atoms with Gasteiger partial charge in [0.1, 0.15) is 0 Å². The summed E-state index contributed by atoms with van der Waals surface area (Å²) in [5, 5.41) is 9.01. The van der Waals surface area contributed by atoms with Gasteiger partial charge in [-0.25, -0.2) is 0 Å². The predicted octanol–water partition coefficient (Wildman–Crippen LogP) is 3.33. The summed E-state index contributed by atoms with van der Waals surface area (Å²) in [7, 11) is 0. The standard InChI is InChI=1S/C12H14O/c1-3-5-11-6-4-7-12(9-11)8-10(2)13/h3-7,9,13H,2,8H2,1H3. The van der Waals surface area contributed by atoms with Crippen LogP contribution in [0.2, 0.25) is 0 Å². The zero-order chi connectivity index (χ0) is 9.68. The summed E-state index contributed by atoms with van der Waals surface area (Å²) in [5.74, 6) is 0.206. The van der Waals surface area contributed by atoms with E-state index in [9.17, 15) is 0 Å². The largest absolute Gasteiger partial charge is 0.513 e. The second kappa shape index (κ2) is 4.51. The minimum Gasteiger partial charge on any atom is -0.513 e. The molecule has 1 N–H and O–H groups in total. The van der Waals surface area contributed by atoms with Crippen molar-refractivity contribution in [3.05, 3.63) is 53.8 Å². The van der Waals surface area contributed by atoms with Crippen molar-refractivity contribution in [2.24, 2.45) is 0 Å². The highest BCUT2D eigenvalue weighted by Crippen LogP contribution is 2.09. The van der Waals surface area contributed by atoms with Gasteiger partial charge in [0.25, 0.3) is 0 Å². The van der Waals surface area contributed by atoms with Crippen molar-refractivity contribution in [2.45, 2.75) is 13.3 Å². The van der Waals surface area contributed by atoms with Crippen LogP contribution in [0, 0.1) is 0 Å². The maximum atomic E-state index is 9.01. The summed E-state index contributed by atoms with van der Waals surface area (Å²) >= 11 is 0. The van der Waals surface area contributed by atoms with Crippen LogP contribution in [-0.4, -0.2) is 5.11 Å². The Morgan fingerprint density at radius 1 is 1.54 bits per heavy atom. The molecular formula is C12H14O. The molecule has 0 saturated carbocycles. The van der Waals surface area contributed by atoms with Crippen LogP contribution >= 0.6 is 0 Å². The fraction of sp³-hybridized carbons (Fsp3) is 0.167. The first kappa shape index (κ1) is 9.59. The van der Waals surface area contributed by atoms with E-state index in [4.69, 9.17) is 5.11 Å². The summed E-state index contributed by atoms with van der Waals surface area (Å²) in [6.07, 6.45) is 4.56. The minimum atomic E-state index is 0.206. The fourth-order valence-electron chi connectivity index (χ4n) is 1.23. The van der Waals surface area contributed by atoms with Crippen LogP contribution in [0.15, 0.2) is 42.7 Å². The minimum absolute atomic E-state index is 0.206. The molecule has 68 valence electrons. The van der Waals surface area contributed by atoms with Crippen molar-refractivity contribution in [1.29, 1.82) is 0 Å². The Hall–Kier alpha value is -1.50. The highest BCUT2D eigenvalue weighted by molar-refractivity contribution is 5.50. The third kappa shape index (κ3) is 3.16. The summed E-state index contributed by atoms with van der Waals surface area (Å²) in [5.41, 5.74) is 2.24. The molecule has 13 heavy (non-hydrogen) atoms. The van der Waals surface area contributed by atoms with Crippen LogP contribution in [0.4, 0.5) is 0 Å². The van der Waals surface area contributed by atoms with E-state index in [1.807, 2.05) is 43.3 Å². The lowest BCUT2D eigenvalue weighted by Gasteiger charge is -2.00. The Labute approximate surface area is 79.0 Å². The van der Waals surface area contributed by atoms with Gasteiger partial charge in [-0.15, -0.1) is 0 Å². The van der Waals surface area contributed by atoms with Crippen LogP contribution in [0.25, 0.3) is 6.08 Å². The topological polar surface area (TPSA) is 20.2 Å². The maximum Gasteiger partial charge on any atom is 0.0894 e. The van der Waals surface area contributed by atoms with Gasteiger partial charge in [0.15, 0.2) is 0 Å². The van der Waals surface area contributed by atoms with Gasteiger partial charge in [-0.3, -0.25) is 0 Å². The third-order valence-electron chi connectivity index (χ3n) is 1.72. The molecule has 0 saturated heterocycles. The molecule has 1 rings (SSSR count). The van der Waals surface area contributed by atoms with Gasteiger partial charge in [-0.1, -0.05) is 43.0 Å². The van der Waals surface area contributed by atoms with Crippen molar-refractivity contribution in [3.63, 3.8) is 0 Å². The summed E-state index contributed by atoms with van der Waals surface area (Å²) < 4.78 is 0. The molecule has 0 aromatic heterocycles. The van der Waals surface area contributed by atoms with Crippen molar-refractivity contribution >= 4 is 6.08 Å². The van der Waals surface area contributed by atoms with Crippen LogP contribution in [0.5, 0.6) is 0 Å². The number of hydrogen-bond acceptors (Lipinski definition) is 1. The zero-order valence-electron chi connectivity index (χ0n) is 7.83. The molecule has 0 unspecified atom stereocenters. The Bertz CT molecular complexity index is 324. The number of benzene rings is 1. The SMILES string of the molecule is C=C(O)Cc1cccc(C=CC)c1. The van der Waals surface area contributed by atoms with Gasteiger partial charge in [-0.05, 0) is 18.1 Å². The van der Waals surface area contributed by atoms with Gasteiger partial charge >= 0.3 is 0 Å². The molecule has 0 aliphatic heterocycles. The van der Waals surface area contributed by atoms with Crippen molar-refractivity contribution in [1.82, 2.24) is 0 Å². The van der Waals surface area contributed by atoms with Gasteiger partial charge in [0, 0.05) is 6.42 Å². The van der Waals surface area contributed by atoms with E-state index in [1.54, 1.807) is 0 Å². The number of hydrogen-bond donors (Lipinski definition) is 1. The zero-order valence-corrected chi connectivity index (χ0v) is 7.83. The Balaban J connectivity index is 2.85. The summed E-state index contributed by atoms with van der Waals surface area (Å²) in [4.78, 5) is 0. The molecule has 0 spiro atoms. The van der Waals surface area contributed by atoms with E-state index >= 15 is 0 Å². The molecule has 0 aliphatic carbocycles. The van der Waals surface area contributed by atoms with E-state index in [0.717, 1.165) is 11.1 Å². The number of allylic oxidation sites excluding steroid dienone is 2. The van der Waals surface area contributed by atoms with E-state index in [1.165, 1.54) is 0 Å². The average Bonchev–Trinajstić information content (AvgIpc) is 2.04. The Kier molecular flexibility index (Phi) is 3.32. The van der Waals surface area contributed by atoms with Crippen molar-refractivity contribution in [2.75, 3.05) is 0 Å². The normalized spacial score (nSPS) is 10.5. The van der Waals surface area contributed by atoms with Crippen LogP contribution in [0.1, 0.15) is 18.1 Å². The highest BCUT2D eigenvalue weighted by Gasteiger charge is 1.94. The molecule has 1 aromatic rings. The molecule has 0 heterocycles. The van der Waals surface area contributed by atoms with E-state index in [-0.39, 0.29) is 5.76 Å². The monoisotopic (exact) mass is 174 g/mol. The molecule has 0 aliphatic rings. The first-order valence-electron chi connectivity index (χ1n) is 4.30. The maximum absolute atomic E-state index is 9.01. The number of rotatable bonds is 3. The van der Waals surface area contributed by atoms with Gasteiger partial charge in [0.2, 0.25) is 0 Å². The van der Waals surface area contributed by atoms with E-state index < -0.39 is 0 Å². The fourth-order valence-corrected chi connectivity index (χ4v) is 1.23. The molecule has 0 radical (unpaired) electrons. The lowest BCUT2D eigenvalue weighted by molar-refractivity contribution is 0.401. The molecule has 1 nitrogen and oxygen atoms in total. The lowest BCUT2D eigenvalue weighted by Crippen LogP contribution is -1.87. The molecule has 0 bridgehead atoms. The van der Waals surface area contributed by atoms with Gasteiger partial charge in [0.05, 0.1) is 5.76 Å². The number of aliphatic hydroxyl groups is 1. The first-order valence-corrected chi connectivity index (χ1v) is 4.30. The van der Waals surface area contributed by atoms with Crippen LogP contribution in [0.3, 0.4) is 0 Å². The summed E-state index contributed by atoms with van der Waals surface area (Å²) in [6.45, 7) is 5.45. The quantitative estimate of drug-likeness (QED) is 0.697. The average molecular weight is 174 g/mol. The third-order valence-corrected chi connectivity index (χ3v) is 1.72. The lowest BCUT2D eigenvalue weighted by atomic mass is 10.1. The predicted molar refractivity (Wildman–Crippen MR) is 56.6 cm³/mol. The molecular weight excluding hydrogens is 160 g/mol. The summed E-state index contributed by atoms with van der Waals surface area (Å²) in [6, 6.07) is 8.03. The van der Waals surface area contributed by atoms with Crippen molar-refractivity contribution < 1.29 is 5.11 Å². The van der Waals surface area contributed by atoms with E-state index in [0.29, 0.717) is 6.42 Å². The highest BCUT2D eigenvalue weighted by atomic mass is 16.3. The van der Waals surface area contributed by atoms with Crippen LogP contribution < -0.4 is 0 Å². The van der Waals surface area contributed by atoms with Crippen LogP contribution in [-0.2, 0) is 6.42 Å². The second-order valence-corrected chi connectivity index (χ2v) is 2.99. The molecule has 0 amide bonds. The van der Waals surface area contributed by atoms with Crippen molar-refractivity contribution in [3.8, 4) is 0 Å². The van der Waals surface area contributed by atoms with Gasteiger partial charge < -0.3 is 5.11 Å². The molecule has 0 fully saturated rings.